The van der Waals surface area contributed by atoms with Gasteiger partial charge in [0.05, 0.1) is 26.9 Å². The van der Waals surface area contributed by atoms with E-state index >= 15 is 0 Å². The van der Waals surface area contributed by atoms with Gasteiger partial charge in [0.15, 0.2) is 0 Å². The van der Waals surface area contributed by atoms with Crippen LogP contribution >= 0.6 is 0 Å². The van der Waals surface area contributed by atoms with Gasteiger partial charge in [-0.3, -0.25) is 10.1 Å². The summed E-state index contributed by atoms with van der Waals surface area (Å²) in [4.78, 5) is 17.7. The van der Waals surface area contributed by atoms with Crippen molar-refractivity contribution in [3.63, 3.8) is 0 Å². The molecular formula is C24H37N3O4. The lowest BCUT2D eigenvalue weighted by Crippen LogP contribution is -2.56. The second-order valence-corrected chi connectivity index (χ2v) is 9.00. The third-order valence-electron chi connectivity index (χ3n) is 7.19. The van der Waals surface area contributed by atoms with E-state index in [9.17, 15) is 9.90 Å². The molecule has 0 spiro atoms. The first-order valence-electron chi connectivity index (χ1n) is 11.9. The molecule has 2 saturated heterocycles. The Hall–Kier alpha value is -1.83. The van der Waals surface area contributed by atoms with Gasteiger partial charge >= 0.3 is 0 Å². The van der Waals surface area contributed by atoms with Gasteiger partial charge in [-0.25, -0.2) is 0 Å². The van der Waals surface area contributed by atoms with Crippen molar-refractivity contribution < 1.29 is 19.4 Å². The molecule has 7 heteroatoms. The lowest BCUT2D eigenvalue weighted by molar-refractivity contribution is -0.141. The van der Waals surface area contributed by atoms with E-state index in [2.05, 4.69) is 21.2 Å². The molecule has 1 aliphatic carbocycles. The number of anilines is 1. The number of hydrogen-bond acceptors (Lipinski definition) is 6. The molecule has 31 heavy (non-hydrogen) atoms. The number of ether oxygens (including phenoxy) is 2. The summed E-state index contributed by atoms with van der Waals surface area (Å²) in [5.41, 5.74) is 2.20. The number of piperidine rings is 1. The van der Waals surface area contributed by atoms with Crippen molar-refractivity contribution in [3.8, 4) is 5.75 Å². The monoisotopic (exact) mass is 431 g/mol. The second kappa shape index (κ2) is 10.7. The molecule has 2 N–H and O–H groups in total. The highest BCUT2D eigenvalue weighted by Crippen LogP contribution is 2.35. The van der Waals surface area contributed by atoms with Gasteiger partial charge in [0.1, 0.15) is 11.8 Å². The Bertz CT molecular complexity index is 736. The molecule has 0 unspecified atom stereocenters. The molecule has 1 saturated carbocycles. The molecule has 0 bridgehead atoms. The minimum absolute atomic E-state index is 0.0561. The highest BCUT2D eigenvalue weighted by atomic mass is 16.5. The third-order valence-corrected chi connectivity index (χ3v) is 7.19. The van der Waals surface area contributed by atoms with E-state index in [4.69, 9.17) is 9.47 Å². The molecule has 172 valence electrons. The molecule has 3 aliphatic rings. The molecule has 4 rings (SSSR count). The maximum absolute atomic E-state index is 13.3. The smallest absolute Gasteiger partial charge is 0.242 e. The molecule has 2 aliphatic heterocycles. The number of nitrogens with zero attached hydrogens (tertiary/aromatic N) is 2. The minimum Gasteiger partial charge on any atom is -0.497 e. The van der Waals surface area contributed by atoms with Crippen LogP contribution in [0.1, 0.15) is 44.1 Å². The Morgan fingerprint density at radius 3 is 2.74 bits per heavy atom. The zero-order valence-electron chi connectivity index (χ0n) is 18.7. The van der Waals surface area contributed by atoms with Gasteiger partial charge in [-0.1, -0.05) is 18.9 Å². The lowest BCUT2D eigenvalue weighted by Gasteiger charge is -2.45. The van der Waals surface area contributed by atoms with Gasteiger partial charge in [0, 0.05) is 44.0 Å². The molecule has 2 heterocycles. The summed E-state index contributed by atoms with van der Waals surface area (Å²) in [5.74, 6) is 1.51. The number of hydrogen-bond donors (Lipinski definition) is 2. The highest BCUT2D eigenvalue weighted by molar-refractivity contribution is 5.82. The molecule has 3 fully saturated rings. The minimum atomic E-state index is -0.569. The van der Waals surface area contributed by atoms with Crippen LogP contribution in [0, 0.1) is 5.92 Å². The Kier molecular flexibility index (Phi) is 7.69. The van der Waals surface area contributed by atoms with Gasteiger partial charge in [0.25, 0.3) is 0 Å². The summed E-state index contributed by atoms with van der Waals surface area (Å²) in [5, 5.41) is 13.4. The van der Waals surface area contributed by atoms with Crippen molar-refractivity contribution in [2.75, 3.05) is 51.5 Å². The Balaban J connectivity index is 1.45. The van der Waals surface area contributed by atoms with Crippen LogP contribution in [0.15, 0.2) is 18.2 Å². The van der Waals surface area contributed by atoms with Gasteiger partial charge in [-0.2, -0.15) is 0 Å². The second-order valence-electron chi connectivity index (χ2n) is 9.00. The fourth-order valence-corrected chi connectivity index (χ4v) is 5.48. The van der Waals surface area contributed by atoms with Crippen LogP contribution in [-0.2, 0) is 16.1 Å². The van der Waals surface area contributed by atoms with Gasteiger partial charge in [-0.15, -0.1) is 0 Å². The van der Waals surface area contributed by atoms with Gasteiger partial charge < -0.3 is 24.4 Å². The lowest BCUT2D eigenvalue weighted by atomic mass is 9.78. The molecule has 0 radical (unpaired) electrons. The number of benzene rings is 1. The summed E-state index contributed by atoms with van der Waals surface area (Å²) in [6.07, 6.45) is 7.14. The maximum atomic E-state index is 13.3. The first kappa shape index (κ1) is 22.4. The number of aliphatic hydroxyl groups excluding tert-OH is 1. The SMILES string of the molecule is COc1ccc(CN[C@H](CO)C(=O)N2CCC[C@H]3CCCC[C@@H]32)c(N2CCOCC2)c1. The molecular weight excluding hydrogens is 394 g/mol. The predicted molar refractivity (Wildman–Crippen MR) is 120 cm³/mol. The summed E-state index contributed by atoms with van der Waals surface area (Å²) in [7, 11) is 1.67. The normalized spacial score (nSPS) is 25.1. The van der Waals surface area contributed by atoms with Crippen molar-refractivity contribution >= 4 is 11.6 Å². The number of morpholine rings is 1. The number of amides is 1. The van der Waals surface area contributed by atoms with E-state index in [1.165, 1.54) is 25.7 Å². The van der Waals surface area contributed by atoms with E-state index in [0.29, 0.717) is 31.7 Å². The van der Waals surface area contributed by atoms with E-state index in [0.717, 1.165) is 49.5 Å². The average Bonchev–Trinajstić information content (AvgIpc) is 2.84. The van der Waals surface area contributed by atoms with Crippen LogP contribution in [0.25, 0.3) is 0 Å². The van der Waals surface area contributed by atoms with Crippen molar-refractivity contribution in [3.05, 3.63) is 23.8 Å². The number of fused-ring (bicyclic) bond motifs is 1. The maximum Gasteiger partial charge on any atom is 0.242 e. The first-order valence-corrected chi connectivity index (χ1v) is 11.9. The topological polar surface area (TPSA) is 74.3 Å². The number of aliphatic hydroxyl groups is 1. The Morgan fingerprint density at radius 1 is 1.19 bits per heavy atom. The number of carbonyl (C=O) groups excluding carboxylic acids is 1. The first-order chi connectivity index (χ1) is 15.2. The summed E-state index contributed by atoms with van der Waals surface area (Å²) < 4.78 is 10.9. The van der Waals surface area contributed by atoms with E-state index < -0.39 is 6.04 Å². The van der Waals surface area contributed by atoms with Crippen molar-refractivity contribution in [2.24, 2.45) is 5.92 Å². The molecule has 7 nitrogen and oxygen atoms in total. The number of carbonyl (C=O) groups is 1. The number of methoxy groups -OCH3 is 1. The van der Waals surface area contributed by atoms with E-state index in [-0.39, 0.29) is 12.5 Å². The van der Waals surface area contributed by atoms with Crippen LogP contribution in [0.3, 0.4) is 0 Å². The fourth-order valence-electron chi connectivity index (χ4n) is 5.48. The van der Waals surface area contributed by atoms with Crippen molar-refractivity contribution in [1.82, 2.24) is 10.2 Å². The van der Waals surface area contributed by atoms with Crippen LogP contribution in [0.4, 0.5) is 5.69 Å². The number of nitrogens with one attached hydrogen (secondary N) is 1. The molecule has 0 aromatic heterocycles. The molecule has 1 amide bonds. The van der Waals surface area contributed by atoms with Gasteiger partial charge in [-0.05, 0) is 43.2 Å². The number of rotatable bonds is 7. The number of likely N-dealkylation sites (tertiary alicyclic amines) is 1. The van der Waals surface area contributed by atoms with Crippen LogP contribution in [0.5, 0.6) is 5.75 Å². The average molecular weight is 432 g/mol. The highest BCUT2D eigenvalue weighted by Gasteiger charge is 2.37. The molecule has 1 aromatic carbocycles. The summed E-state index contributed by atoms with van der Waals surface area (Å²) in [6, 6.07) is 5.84. The quantitative estimate of drug-likeness (QED) is 0.689. The zero-order valence-corrected chi connectivity index (χ0v) is 18.7. The third kappa shape index (κ3) is 5.16. The van der Waals surface area contributed by atoms with Gasteiger partial charge in [0.2, 0.25) is 5.91 Å². The van der Waals surface area contributed by atoms with Crippen LogP contribution in [-0.4, -0.2) is 74.6 Å². The molecule has 1 aromatic rings. The predicted octanol–water partition coefficient (Wildman–Crippen LogP) is 2.16. The van der Waals surface area contributed by atoms with Crippen molar-refractivity contribution in [2.45, 2.75) is 57.2 Å². The Morgan fingerprint density at radius 2 is 1.97 bits per heavy atom. The van der Waals surface area contributed by atoms with Crippen LogP contribution in [0.2, 0.25) is 0 Å². The van der Waals surface area contributed by atoms with E-state index in [1.54, 1.807) is 7.11 Å². The van der Waals surface area contributed by atoms with Crippen LogP contribution < -0.4 is 15.0 Å². The summed E-state index contributed by atoms with van der Waals surface area (Å²) in [6.45, 7) is 4.24. The summed E-state index contributed by atoms with van der Waals surface area (Å²) >= 11 is 0. The Labute approximate surface area is 185 Å². The zero-order chi connectivity index (χ0) is 21.6. The fraction of sp³-hybridized carbons (Fsp3) is 0.708. The largest absolute Gasteiger partial charge is 0.497 e. The molecule has 3 atom stereocenters. The van der Waals surface area contributed by atoms with E-state index in [1.807, 2.05) is 12.1 Å². The standard InChI is InChI=1S/C24H37N3O4/c1-30-20-9-8-19(23(15-20)26-11-13-31-14-12-26)16-25-21(17-28)24(29)27-10-4-6-18-5-2-3-7-22(18)27/h8-9,15,18,21-22,25,28H,2-7,10-14,16-17H2,1H3/t18-,21-,22+/m1/s1. The van der Waals surface area contributed by atoms with Crippen molar-refractivity contribution in [1.29, 1.82) is 0 Å².